The molecule has 46 heavy (non-hydrogen) atoms. The van der Waals surface area contributed by atoms with Gasteiger partial charge in [0.15, 0.2) is 0 Å². The van der Waals surface area contributed by atoms with E-state index in [-0.39, 0.29) is 34.6 Å². The largest absolute Gasteiger partial charge is 0.495 e. The number of anilines is 1. The number of methoxy groups -OCH3 is 1. The number of hydrogen-bond acceptors (Lipinski definition) is 7. The van der Waals surface area contributed by atoms with Gasteiger partial charge in [-0.3, -0.25) is 24.0 Å². The number of ether oxygens (including phenoxy) is 1. The Morgan fingerprint density at radius 2 is 1.76 bits per heavy atom. The quantitative estimate of drug-likeness (QED) is 0.190. The van der Waals surface area contributed by atoms with Crippen molar-refractivity contribution in [1.29, 1.82) is 0 Å². The highest BCUT2D eigenvalue weighted by Gasteiger charge is 2.35. The van der Waals surface area contributed by atoms with E-state index >= 15 is 0 Å². The number of sulfonamides is 1. The van der Waals surface area contributed by atoms with Gasteiger partial charge in [-0.1, -0.05) is 49.1 Å². The number of amides is 2. The van der Waals surface area contributed by atoms with Gasteiger partial charge in [0, 0.05) is 29.2 Å². The van der Waals surface area contributed by atoms with E-state index in [1.807, 2.05) is 0 Å². The average Bonchev–Trinajstić information content (AvgIpc) is 3.03. The predicted molar refractivity (Wildman–Crippen MR) is 172 cm³/mol. The highest BCUT2D eigenvalue weighted by atomic mass is 35.5. The van der Waals surface area contributed by atoms with Crippen molar-refractivity contribution in [3.8, 4) is 5.75 Å². The van der Waals surface area contributed by atoms with Crippen LogP contribution in [0.25, 0.3) is 0 Å². The zero-order valence-corrected chi connectivity index (χ0v) is 27.3. The van der Waals surface area contributed by atoms with Gasteiger partial charge in [-0.15, -0.1) is 0 Å². The topological polar surface area (TPSA) is 139 Å². The first-order valence-corrected chi connectivity index (χ1v) is 16.6. The fourth-order valence-corrected chi connectivity index (χ4v) is 6.99. The summed E-state index contributed by atoms with van der Waals surface area (Å²) in [4.78, 5) is 39.4. The maximum Gasteiger partial charge on any atom is 0.273 e. The van der Waals surface area contributed by atoms with Gasteiger partial charge >= 0.3 is 0 Å². The van der Waals surface area contributed by atoms with Crippen molar-refractivity contribution in [2.75, 3.05) is 18.0 Å². The highest BCUT2D eigenvalue weighted by Crippen LogP contribution is 2.36. The molecular weight excluding hydrogens is 639 g/mol. The smallest absolute Gasteiger partial charge is 0.273 e. The number of nitro groups is 1. The molecule has 246 valence electrons. The van der Waals surface area contributed by atoms with Crippen molar-refractivity contribution in [1.82, 2.24) is 10.2 Å². The van der Waals surface area contributed by atoms with E-state index in [2.05, 4.69) is 5.32 Å². The molecule has 3 aromatic rings. The van der Waals surface area contributed by atoms with Gasteiger partial charge in [0.25, 0.3) is 15.7 Å². The summed E-state index contributed by atoms with van der Waals surface area (Å²) in [6.07, 6.45) is 4.66. The minimum absolute atomic E-state index is 0.0450. The first-order valence-electron chi connectivity index (χ1n) is 14.8. The molecular formula is C32H36ClFN4O7S. The van der Waals surface area contributed by atoms with Crippen LogP contribution in [0.3, 0.4) is 0 Å². The molecule has 0 unspecified atom stereocenters. The lowest BCUT2D eigenvalue weighted by molar-refractivity contribution is -0.385. The van der Waals surface area contributed by atoms with Gasteiger partial charge in [0.05, 0.1) is 22.6 Å². The molecule has 0 bridgehead atoms. The maximum absolute atomic E-state index is 14.2. The number of rotatable bonds is 12. The standard InChI is InChI=1S/C32H36ClFN4O7S/c1-21-9-15-27(18-28(21)38(41)42)46(43,44)37(29-17-24(33)12-16-30(29)45-3)20-31(39)36(19-23-10-13-25(34)14-11-23)22(2)32(40)35-26-7-5-4-6-8-26/h9-18,22,26H,4-8,19-20H2,1-3H3,(H,35,40)/t22-/m1/s1. The lowest BCUT2D eigenvalue weighted by Crippen LogP contribution is -2.53. The fraction of sp³-hybridized carbons (Fsp3) is 0.375. The number of nitrogens with zero attached hydrogens (tertiary/aromatic N) is 3. The van der Waals surface area contributed by atoms with Crippen LogP contribution in [0, 0.1) is 22.9 Å². The molecule has 1 N–H and O–H groups in total. The third-order valence-corrected chi connectivity index (χ3v) is 10.0. The van der Waals surface area contributed by atoms with E-state index in [1.54, 1.807) is 6.92 Å². The summed E-state index contributed by atoms with van der Waals surface area (Å²) in [5, 5.41) is 14.8. The number of nitro benzene ring substituents is 1. The van der Waals surface area contributed by atoms with Crippen LogP contribution in [0.5, 0.6) is 5.75 Å². The summed E-state index contributed by atoms with van der Waals surface area (Å²) in [6, 6.07) is 12.0. The minimum Gasteiger partial charge on any atom is -0.495 e. The molecule has 2 amide bonds. The van der Waals surface area contributed by atoms with Crippen molar-refractivity contribution in [2.24, 2.45) is 0 Å². The summed E-state index contributed by atoms with van der Waals surface area (Å²) in [7, 11) is -3.35. The van der Waals surface area contributed by atoms with Gasteiger partial charge in [-0.25, -0.2) is 12.8 Å². The van der Waals surface area contributed by atoms with Gasteiger partial charge in [-0.05, 0) is 68.7 Å². The maximum atomic E-state index is 14.2. The Kier molecular flexibility index (Phi) is 11.2. The van der Waals surface area contributed by atoms with E-state index in [0.29, 0.717) is 5.56 Å². The molecule has 4 rings (SSSR count). The van der Waals surface area contributed by atoms with E-state index < -0.39 is 55.7 Å². The molecule has 0 spiro atoms. The summed E-state index contributed by atoms with van der Waals surface area (Å²) < 4.78 is 48.3. The highest BCUT2D eigenvalue weighted by molar-refractivity contribution is 7.92. The molecule has 1 aliphatic carbocycles. The van der Waals surface area contributed by atoms with E-state index in [9.17, 15) is 32.5 Å². The monoisotopic (exact) mass is 674 g/mol. The first kappa shape index (κ1) is 34.6. The molecule has 1 atom stereocenters. The van der Waals surface area contributed by atoms with Crippen molar-refractivity contribution < 1.29 is 32.1 Å². The second-order valence-electron chi connectivity index (χ2n) is 11.2. The van der Waals surface area contributed by atoms with Crippen LogP contribution in [-0.2, 0) is 26.2 Å². The predicted octanol–water partition coefficient (Wildman–Crippen LogP) is 5.77. The molecule has 1 aliphatic rings. The van der Waals surface area contributed by atoms with Gasteiger partial charge in [0.2, 0.25) is 11.8 Å². The number of carbonyl (C=O) groups is 2. The summed E-state index contributed by atoms with van der Waals surface area (Å²) in [6.45, 7) is 2.07. The first-order chi connectivity index (χ1) is 21.8. The molecule has 1 saturated carbocycles. The zero-order valence-electron chi connectivity index (χ0n) is 25.7. The Labute approximate surface area is 272 Å². The van der Waals surface area contributed by atoms with E-state index in [0.717, 1.165) is 42.5 Å². The Balaban J connectivity index is 1.77. The number of nitrogens with one attached hydrogen (secondary N) is 1. The third-order valence-electron chi connectivity index (χ3n) is 8.04. The second-order valence-corrected chi connectivity index (χ2v) is 13.5. The number of benzene rings is 3. The number of hydrogen-bond donors (Lipinski definition) is 1. The average molecular weight is 675 g/mol. The second kappa shape index (κ2) is 14.9. The number of halogens is 2. The molecule has 3 aromatic carbocycles. The lowest BCUT2D eigenvalue weighted by Gasteiger charge is -2.33. The zero-order chi connectivity index (χ0) is 33.6. The lowest BCUT2D eigenvalue weighted by atomic mass is 9.95. The van der Waals surface area contributed by atoms with Crippen molar-refractivity contribution in [3.63, 3.8) is 0 Å². The molecule has 14 heteroatoms. The SMILES string of the molecule is COc1ccc(Cl)cc1N(CC(=O)N(Cc1ccc(F)cc1)[C@H](C)C(=O)NC1CCCCC1)S(=O)(=O)c1ccc(C)c([N+](=O)[O-])c1. The van der Waals surface area contributed by atoms with Crippen LogP contribution >= 0.6 is 11.6 Å². The Hall–Kier alpha value is -4.23. The number of aryl methyl sites for hydroxylation is 1. The van der Waals surface area contributed by atoms with Crippen molar-refractivity contribution >= 4 is 44.8 Å². The molecule has 1 fully saturated rings. The van der Waals surface area contributed by atoms with Gasteiger partial charge < -0.3 is 15.0 Å². The van der Waals surface area contributed by atoms with Crippen LogP contribution in [0.2, 0.25) is 5.02 Å². The van der Waals surface area contributed by atoms with Crippen LogP contribution < -0.4 is 14.4 Å². The summed E-state index contributed by atoms with van der Waals surface area (Å²) >= 11 is 6.26. The molecule has 0 aromatic heterocycles. The molecule has 11 nitrogen and oxygen atoms in total. The summed E-state index contributed by atoms with van der Waals surface area (Å²) in [5.74, 6) is -1.59. The summed E-state index contributed by atoms with van der Waals surface area (Å²) in [5.41, 5.74) is 0.245. The van der Waals surface area contributed by atoms with Gasteiger partial charge in [-0.2, -0.15) is 0 Å². The minimum atomic E-state index is -4.66. The van der Waals surface area contributed by atoms with Crippen LogP contribution in [0.15, 0.2) is 65.6 Å². The number of carbonyl (C=O) groups excluding carboxylic acids is 2. The van der Waals surface area contributed by atoms with Crippen molar-refractivity contribution in [2.45, 2.75) is 69.5 Å². The molecule has 0 saturated heterocycles. The van der Waals surface area contributed by atoms with Crippen LogP contribution in [-0.4, -0.2) is 55.8 Å². The molecule has 0 heterocycles. The fourth-order valence-electron chi connectivity index (χ4n) is 5.38. The Morgan fingerprint density at radius 3 is 2.39 bits per heavy atom. The van der Waals surface area contributed by atoms with Crippen LogP contribution in [0.4, 0.5) is 15.8 Å². The third kappa shape index (κ3) is 8.13. The Morgan fingerprint density at radius 1 is 1.09 bits per heavy atom. The molecule has 0 radical (unpaired) electrons. The van der Waals surface area contributed by atoms with Crippen molar-refractivity contribution in [3.05, 3.63) is 92.7 Å². The normalized spacial score (nSPS) is 14.3. The molecule has 0 aliphatic heterocycles. The Bertz CT molecular complexity index is 1700. The van der Waals surface area contributed by atoms with E-state index in [4.69, 9.17) is 16.3 Å². The van der Waals surface area contributed by atoms with E-state index in [1.165, 1.54) is 73.5 Å². The van der Waals surface area contributed by atoms with Gasteiger partial charge in [0.1, 0.15) is 24.2 Å². The van der Waals surface area contributed by atoms with Crippen LogP contribution in [0.1, 0.15) is 50.2 Å².